The Kier molecular flexibility index (Phi) is 5.80. The molecule has 1 aliphatic rings. The van der Waals surface area contributed by atoms with Gasteiger partial charge in [-0.1, -0.05) is 11.3 Å². The van der Waals surface area contributed by atoms with Crippen LogP contribution in [0.2, 0.25) is 0 Å². The van der Waals surface area contributed by atoms with Crippen LogP contribution in [0.3, 0.4) is 0 Å². The summed E-state index contributed by atoms with van der Waals surface area (Å²) in [7, 11) is -3.95. The van der Waals surface area contributed by atoms with Gasteiger partial charge in [-0.3, -0.25) is 4.79 Å². The van der Waals surface area contributed by atoms with Crippen molar-refractivity contribution in [2.45, 2.75) is 31.6 Å². The molecule has 164 valence electrons. The lowest BCUT2D eigenvalue weighted by Gasteiger charge is -2.30. The lowest BCUT2D eigenvalue weighted by molar-refractivity contribution is -0.120. The molecule has 2 heterocycles. The fourth-order valence-electron chi connectivity index (χ4n) is 3.59. The number of fused-ring (bicyclic) bond motifs is 1. The zero-order valence-corrected chi connectivity index (χ0v) is 18.6. The van der Waals surface area contributed by atoms with E-state index in [1.54, 1.807) is 0 Å². The minimum Gasteiger partial charge on any atom is -0.302 e. The molecule has 1 aromatic heterocycles. The SMILES string of the molecule is Cc1cc2nc(NC(=O)C3CCN(S(=O)(=O)c4ccc(F)c(F)c4)CC3)sc2cc1C. The Morgan fingerprint density at radius 1 is 1.10 bits per heavy atom. The van der Waals surface area contributed by atoms with Gasteiger partial charge in [-0.2, -0.15) is 4.31 Å². The molecule has 10 heteroatoms. The highest BCUT2D eigenvalue weighted by Crippen LogP contribution is 2.30. The number of hydrogen-bond acceptors (Lipinski definition) is 5. The van der Waals surface area contributed by atoms with Crippen molar-refractivity contribution in [3.8, 4) is 0 Å². The highest BCUT2D eigenvalue weighted by atomic mass is 32.2. The third-order valence-electron chi connectivity index (χ3n) is 5.59. The van der Waals surface area contributed by atoms with Gasteiger partial charge in [0.2, 0.25) is 15.9 Å². The number of halogens is 2. The van der Waals surface area contributed by atoms with Crippen LogP contribution in [0.25, 0.3) is 10.2 Å². The number of benzene rings is 2. The maximum atomic E-state index is 13.5. The molecule has 1 aliphatic heterocycles. The summed E-state index contributed by atoms with van der Waals surface area (Å²) in [6.45, 7) is 4.28. The Labute approximate surface area is 183 Å². The van der Waals surface area contributed by atoms with Crippen molar-refractivity contribution in [3.63, 3.8) is 0 Å². The summed E-state index contributed by atoms with van der Waals surface area (Å²) < 4.78 is 54.2. The lowest BCUT2D eigenvalue weighted by Crippen LogP contribution is -2.41. The number of anilines is 1. The smallest absolute Gasteiger partial charge is 0.243 e. The van der Waals surface area contributed by atoms with Crippen LogP contribution in [0.1, 0.15) is 24.0 Å². The van der Waals surface area contributed by atoms with E-state index in [-0.39, 0.29) is 29.8 Å². The first-order chi connectivity index (χ1) is 14.6. The first-order valence-corrected chi connectivity index (χ1v) is 12.0. The van der Waals surface area contributed by atoms with Crippen molar-refractivity contribution in [2.24, 2.45) is 5.92 Å². The normalized spacial score (nSPS) is 16.0. The van der Waals surface area contributed by atoms with Gasteiger partial charge in [-0.25, -0.2) is 22.2 Å². The van der Waals surface area contributed by atoms with Crippen LogP contribution in [-0.2, 0) is 14.8 Å². The van der Waals surface area contributed by atoms with E-state index in [0.29, 0.717) is 24.0 Å². The predicted molar refractivity (Wildman–Crippen MR) is 116 cm³/mol. The topological polar surface area (TPSA) is 79.4 Å². The summed E-state index contributed by atoms with van der Waals surface area (Å²) >= 11 is 1.40. The summed E-state index contributed by atoms with van der Waals surface area (Å²) in [4.78, 5) is 16.9. The molecule has 3 aromatic rings. The van der Waals surface area contributed by atoms with Crippen molar-refractivity contribution in [1.29, 1.82) is 0 Å². The van der Waals surface area contributed by atoms with Crippen LogP contribution < -0.4 is 5.32 Å². The van der Waals surface area contributed by atoms with E-state index in [0.717, 1.165) is 33.5 Å². The summed E-state index contributed by atoms with van der Waals surface area (Å²) in [5.74, 6) is -2.87. The molecule has 0 saturated carbocycles. The molecular formula is C21H21F2N3O3S2. The molecule has 2 aromatic carbocycles. The Balaban J connectivity index is 1.41. The molecule has 0 radical (unpaired) electrons. The largest absolute Gasteiger partial charge is 0.302 e. The van der Waals surface area contributed by atoms with E-state index in [9.17, 15) is 22.0 Å². The minimum absolute atomic E-state index is 0.123. The summed E-state index contributed by atoms with van der Waals surface area (Å²) in [5.41, 5.74) is 3.12. The van der Waals surface area contributed by atoms with E-state index in [2.05, 4.69) is 10.3 Å². The number of nitrogens with one attached hydrogen (secondary N) is 1. The summed E-state index contributed by atoms with van der Waals surface area (Å²) in [6.07, 6.45) is 0.662. The van der Waals surface area contributed by atoms with E-state index >= 15 is 0 Å². The third kappa shape index (κ3) is 4.32. The van der Waals surface area contributed by atoms with Gasteiger partial charge in [0.25, 0.3) is 0 Å². The zero-order chi connectivity index (χ0) is 22.3. The van der Waals surface area contributed by atoms with Crippen molar-refractivity contribution in [2.75, 3.05) is 18.4 Å². The number of nitrogens with zero attached hydrogens (tertiary/aromatic N) is 2. The number of thiazole rings is 1. The molecule has 1 amide bonds. The second-order valence-electron chi connectivity index (χ2n) is 7.67. The first kappa shape index (κ1) is 21.8. The second-order valence-corrected chi connectivity index (χ2v) is 10.6. The number of aryl methyl sites for hydroxylation is 2. The predicted octanol–water partition coefficient (Wildman–Crippen LogP) is 4.23. The molecular weight excluding hydrogens is 444 g/mol. The maximum Gasteiger partial charge on any atom is 0.243 e. The third-order valence-corrected chi connectivity index (χ3v) is 8.42. The number of piperidine rings is 1. The molecule has 31 heavy (non-hydrogen) atoms. The fourth-order valence-corrected chi connectivity index (χ4v) is 6.02. The number of amides is 1. The average Bonchev–Trinajstić information content (AvgIpc) is 3.11. The highest BCUT2D eigenvalue weighted by Gasteiger charge is 2.32. The van der Waals surface area contributed by atoms with Crippen molar-refractivity contribution in [3.05, 3.63) is 53.1 Å². The standard InChI is InChI=1S/C21H21F2N3O3S2/c1-12-9-18-19(10-13(12)2)30-21(24-18)25-20(27)14-5-7-26(8-6-14)31(28,29)15-3-4-16(22)17(23)11-15/h3-4,9-11,14H,5-8H2,1-2H3,(H,24,25,27). The minimum atomic E-state index is -3.95. The molecule has 0 bridgehead atoms. The van der Waals surface area contributed by atoms with Crippen molar-refractivity contribution >= 4 is 42.6 Å². The number of rotatable bonds is 4. The average molecular weight is 466 g/mol. The van der Waals surface area contributed by atoms with E-state index in [4.69, 9.17) is 0 Å². The lowest BCUT2D eigenvalue weighted by atomic mass is 9.97. The van der Waals surface area contributed by atoms with Crippen molar-refractivity contribution < 1.29 is 22.0 Å². The Morgan fingerprint density at radius 2 is 1.77 bits per heavy atom. The molecule has 1 saturated heterocycles. The van der Waals surface area contributed by atoms with Gasteiger partial charge in [-0.05, 0) is 68.1 Å². The van der Waals surface area contributed by atoms with Gasteiger partial charge < -0.3 is 5.32 Å². The van der Waals surface area contributed by atoms with Gasteiger partial charge in [0, 0.05) is 19.0 Å². The van der Waals surface area contributed by atoms with Crippen LogP contribution in [0.15, 0.2) is 35.2 Å². The number of aromatic nitrogens is 1. The van der Waals surface area contributed by atoms with Gasteiger partial charge in [0.1, 0.15) is 0 Å². The van der Waals surface area contributed by atoms with Gasteiger partial charge >= 0.3 is 0 Å². The first-order valence-electron chi connectivity index (χ1n) is 9.79. The molecule has 6 nitrogen and oxygen atoms in total. The van der Waals surface area contributed by atoms with Crippen LogP contribution in [0, 0.1) is 31.4 Å². The van der Waals surface area contributed by atoms with Crippen molar-refractivity contribution in [1.82, 2.24) is 9.29 Å². The molecule has 1 fully saturated rings. The Morgan fingerprint density at radius 3 is 2.45 bits per heavy atom. The molecule has 0 aliphatic carbocycles. The number of hydrogen-bond donors (Lipinski definition) is 1. The van der Waals surface area contributed by atoms with Crippen LogP contribution in [-0.4, -0.2) is 36.7 Å². The molecule has 4 rings (SSSR count). The van der Waals surface area contributed by atoms with E-state index in [1.807, 2.05) is 26.0 Å². The van der Waals surface area contributed by atoms with Crippen LogP contribution >= 0.6 is 11.3 Å². The molecule has 0 unspecified atom stereocenters. The number of sulfonamides is 1. The summed E-state index contributed by atoms with van der Waals surface area (Å²) in [5, 5.41) is 3.36. The molecule has 1 N–H and O–H groups in total. The van der Waals surface area contributed by atoms with E-state index < -0.39 is 21.7 Å². The molecule has 0 spiro atoms. The Bertz CT molecular complexity index is 1230. The van der Waals surface area contributed by atoms with Gasteiger partial charge in [0.05, 0.1) is 15.1 Å². The maximum absolute atomic E-state index is 13.5. The summed E-state index contributed by atoms with van der Waals surface area (Å²) in [6, 6.07) is 6.55. The number of carbonyl (C=O) groups excluding carboxylic acids is 1. The van der Waals surface area contributed by atoms with E-state index in [1.165, 1.54) is 15.6 Å². The zero-order valence-electron chi connectivity index (χ0n) is 17.0. The second kappa shape index (κ2) is 8.25. The highest BCUT2D eigenvalue weighted by molar-refractivity contribution is 7.89. The fraction of sp³-hybridized carbons (Fsp3) is 0.333. The van der Waals surface area contributed by atoms with Gasteiger partial charge in [0.15, 0.2) is 16.8 Å². The molecule has 0 atom stereocenters. The van der Waals surface area contributed by atoms with Crippen LogP contribution in [0.5, 0.6) is 0 Å². The number of carbonyl (C=O) groups is 1. The monoisotopic (exact) mass is 465 g/mol. The Hall–Kier alpha value is -2.43. The van der Waals surface area contributed by atoms with Crippen LogP contribution in [0.4, 0.5) is 13.9 Å². The van der Waals surface area contributed by atoms with Gasteiger partial charge in [-0.15, -0.1) is 0 Å². The quantitative estimate of drug-likeness (QED) is 0.625.